The summed E-state index contributed by atoms with van der Waals surface area (Å²) in [5, 5.41) is 3.71. The van der Waals surface area contributed by atoms with E-state index in [1.807, 2.05) is 0 Å². The third-order valence-electron chi connectivity index (χ3n) is 4.36. The fourth-order valence-electron chi connectivity index (χ4n) is 3.38. The average molecular weight is 270 g/mol. The summed E-state index contributed by atoms with van der Waals surface area (Å²) < 4.78 is 5.84. The van der Waals surface area contributed by atoms with Crippen molar-refractivity contribution in [1.82, 2.24) is 10.2 Å². The van der Waals surface area contributed by atoms with E-state index >= 15 is 0 Å². The molecule has 1 fully saturated rings. The molecule has 1 heterocycles. The van der Waals surface area contributed by atoms with E-state index in [0.717, 1.165) is 19.7 Å². The van der Waals surface area contributed by atoms with E-state index in [9.17, 15) is 0 Å². The predicted octanol–water partition coefficient (Wildman–Crippen LogP) is 3.04. The number of nitrogens with zero attached hydrogens (tertiary/aromatic N) is 1. The quantitative estimate of drug-likeness (QED) is 0.734. The molecule has 0 aromatic carbocycles. The first-order chi connectivity index (χ1) is 9.17. The van der Waals surface area contributed by atoms with Crippen molar-refractivity contribution < 1.29 is 4.74 Å². The van der Waals surface area contributed by atoms with Gasteiger partial charge in [-0.25, -0.2) is 0 Å². The second kappa shape index (κ2) is 8.93. The van der Waals surface area contributed by atoms with Gasteiger partial charge in [-0.15, -0.1) is 0 Å². The first kappa shape index (κ1) is 16.9. The lowest BCUT2D eigenvalue weighted by molar-refractivity contribution is -0.0787. The lowest BCUT2D eigenvalue weighted by Crippen LogP contribution is -2.59. The standard InChI is InChI=1S/C16H34N2O/c1-6-10-15(17-9-4)16(8-3)18-11-13(5)19-12-14(18)7-2/h13-17H,6-12H2,1-5H3. The van der Waals surface area contributed by atoms with Crippen molar-refractivity contribution >= 4 is 0 Å². The maximum Gasteiger partial charge on any atom is 0.0674 e. The fraction of sp³-hybridized carbons (Fsp3) is 1.00. The maximum atomic E-state index is 5.84. The predicted molar refractivity (Wildman–Crippen MR) is 82.7 cm³/mol. The number of nitrogens with one attached hydrogen (secondary N) is 1. The lowest BCUT2D eigenvalue weighted by atomic mass is 9.95. The van der Waals surface area contributed by atoms with Gasteiger partial charge < -0.3 is 10.1 Å². The molecular formula is C16H34N2O. The van der Waals surface area contributed by atoms with Crippen molar-refractivity contribution in [1.29, 1.82) is 0 Å². The summed E-state index contributed by atoms with van der Waals surface area (Å²) in [4.78, 5) is 2.72. The molecule has 1 aliphatic rings. The van der Waals surface area contributed by atoms with Gasteiger partial charge in [0.2, 0.25) is 0 Å². The monoisotopic (exact) mass is 270 g/mol. The van der Waals surface area contributed by atoms with Crippen molar-refractivity contribution in [3.8, 4) is 0 Å². The molecule has 4 atom stereocenters. The van der Waals surface area contributed by atoms with Crippen LogP contribution in [-0.4, -0.2) is 48.8 Å². The molecule has 0 radical (unpaired) electrons. The number of hydrogen-bond acceptors (Lipinski definition) is 3. The van der Waals surface area contributed by atoms with Crippen LogP contribution in [0.4, 0.5) is 0 Å². The molecule has 0 amide bonds. The number of morpholine rings is 1. The molecule has 1 N–H and O–H groups in total. The summed E-state index contributed by atoms with van der Waals surface area (Å²) in [6.07, 6.45) is 5.31. The molecule has 0 aliphatic carbocycles. The number of rotatable bonds is 8. The Morgan fingerprint density at radius 1 is 1.26 bits per heavy atom. The molecule has 3 heteroatoms. The summed E-state index contributed by atoms with van der Waals surface area (Å²) in [5.74, 6) is 0. The molecule has 0 aromatic heterocycles. The minimum Gasteiger partial charge on any atom is -0.376 e. The first-order valence-electron chi connectivity index (χ1n) is 8.28. The molecule has 1 saturated heterocycles. The zero-order chi connectivity index (χ0) is 14.3. The first-order valence-corrected chi connectivity index (χ1v) is 8.28. The molecule has 4 unspecified atom stereocenters. The van der Waals surface area contributed by atoms with Crippen LogP contribution >= 0.6 is 0 Å². The van der Waals surface area contributed by atoms with Crippen LogP contribution in [0.1, 0.15) is 60.3 Å². The van der Waals surface area contributed by atoms with Gasteiger partial charge in [-0.3, -0.25) is 4.90 Å². The highest BCUT2D eigenvalue weighted by atomic mass is 16.5. The Balaban J connectivity index is 2.77. The van der Waals surface area contributed by atoms with Crippen molar-refractivity contribution in [3.63, 3.8) is 0 Å². The third kappa shape index (κ3) is 4.73. The second-order valence-corrected chi connectivity index (χ2v) is 5.83. The summed E-state index contributed by atoms with van der Waals surface area (Å²) >= 11 is 0. The van der Waals surface area contributed by atoms with Crippen LogP contribution < -0.4 is 5.32 Å². The van der Waals surface area contributed by atoms with E-state index in [1.165, 1.54) is 25.7 Å². The Morgan fingerprint density at radius 3 is 2.53 bits per heavy atom. The van der Waals surface area contributed by atoms with Crippen molar-refractivity contribution in [2.45, 2.75) is 84.5 Å². The van der Waals surface area contributed by atoms with E-state index in [4.69, 9.17) is 4.74 Å². The molecule has 0 bridgehead atoms. The summed E-state index contributed by atoms with van der Waals surface area (Å²) in [6, 6.07) is 1.87. The smallest absolute Gasteiger partial charge is 0.0674 e. The van der Waals surface area contributed by atoms with Crippen LogP contribution in [-0.2, 0) is 4.74 Å². The summed E-state index contributed by atoms with van der Waals surface area (Å²) in [6.45, 7) is 14.4. The van der Waals surface area contributed by atoms with Crippen LogP contribution in [0.25, 0.3) is 0 Å². The van der Waals surface area contributed by atoms with Crippen LogP contribution in [0, 0.1) is 0 Å². The van der Waals surface area contributed by atoms with Gasteiger partial charge in [-0.1, -0.05) is 34.1 Å². The maximum absolute atomic E-state index is 5.84. The van der Waals surface area contributed by atoms with Gasteiger partial charge >= 0.3 is 0 Å². The molecule has 1 rings (SSSR count). The molecule has 1 aliphatic heterocycles. The Morgan fingerprint density at radius 2 is 2.00 bits per heavy atom. The van der Waals surface area contributed by atoms with Gasteiger partial charge in [0.1, 0.15) is 0 Å². The van der Waals surface area contributed by atoms with Crippen molar-refractivity contribution in [3.05, 3.63) is 0 Å². The molecule has 0 saturated carbocycles. The van der Waals surface area contributed by atoms with E-state index in [2.05, 4.69) is 44.8 Å². The van der Waals surface area contributed by atoms with E-state index in [0.29, 0.717) is 24.2 Å². The highest BCUT2D eigenvalue weighted by Crippen LogP contribution is 2.23. The highest BCUT2D eigenvalue weighted by molar-refractivity contribution is 4.89. The molecular weight excluding hydrogens is 236 g/mol. The summed E-state index contributed by atoms with van der Waals surface area (Å²) in [7, 11) is 0. The van der Waals surface area contributed by atoms with Crippen LogP contribution in [0.5, 0.6) is 0 Å². The number of hydrogen-bond donors (Lipinski definition) is 1. The van der Waals surface area contributed by atoms with Crippen LogP contribution in [0.15, 0.2) is 0 Å². The SMILES string of the molecule is CCCC(NCC)C(CC)N1CC(C)OCC1CC. The number of likely N-dealkylation sites (N-methyl/N-ethyl adjacent to an activating group) is 1. The van der Waals surface area contributed by atoms with Gasteiger partial charge in [0.05, 0.1) is 12.7 Å². The van der Waals surface area contributed by atoms with E-state index in [-0.39, 0.29) is 0 Å². The normalized spacial score (nSPS) is 28.3. The molecule has 114 valence electrons. The largest absolute Gasteiger partial charge is 0.376 e. The Labute approximate surface area is 120 Å². The van der Waals surface area contributed by atoms with E-state index in [1.54, 1.807) is 0 Å². The van der Waals surface area contributed by atoms with Gasteiger partial charge in [0.25, 0.3) is 0 Å². The minimum atomic E-state index is 0.376. The van der Waals surface area contributed by atoms with Gasteiger partial charge in [-0.2, -0.15) is 0 Å². The van der Waals surface area contributed by atoms with Gasteiger partial charge in [-0.05, 0) is 32.7 Å². The van der Waals surface area contributed by atoms with Crippen LogP contribution in [0.3, 0.4) is 0 Å². The molecule has 0 spiro atoms. The Bertz CT molecular complexity index is 229. The Hall–Kier alpha value is -0.120. The number of ether oxygens (including phenoxy) is 1. The summed E-state index contributed by atoms with van der Waals surface area (Å²) in [5.41, 5.74) is 0. The topological polar surface area (TPSA) is 24.5 Å². The lowest BCUT2D eigenvalue weighted by Gasteiger charge is -2.46. The zero-order valence-corrected chi connectivity index (χ0v) is 13.6. The molecule has 3 nitrogen and oxygen atoms in total. The molecule has 19 heavy (non-hydrogen) atoms. The molecule has 0 aromatic rings. The average Bonchev–Trinajstić information content (AvgIpc) is 2.40. The van der Waals surface area contributed by atoms with Crippen molar-refractivity contribution in [2.75, 3.05) is 19.7 Å². The Kier molecular flexibility index (Phi) is 7.96. The van der Waals surface area contributed by atoms with Crippen molar-refractivity contribution in [2.24, 2.45) is 0 Å². The highest BCUT2D eigenvalue weighted by Gasteiger charge is 2.33. The van der Waals surface area contributed by atoms with Crippen LogP contribution in [0.2, 0.25) is 0 Å². The second-order valence-electron chi connectivity index (χ2n) is 5.83. The van der Waals surface area contributed by atoms with E-state index < -0.39 is 0 Å². The minimum absolute atomic E-state index is 0.376. The zero-order valence-electron chi connectivity index (χ0n) is 13.6. The third-order valence-corrected chi connectivity index (χ3v) is 4.36. The fourth-order valence-corrected chi connectivity index (χ4v) is 3.38. The van der Waals surface area contributed by atoms with Gasteiger partial charge in [0.15, 0.2) is 0 Å². The van der Waals surface area contributed by atoms with Gasteiger partial charge in [0, 0.05) is 24.7 Å².